The number of anilines is 1. The highest BCUT2D eigenvalue weighted by Crippen LogP contribution is 2.27. The quantitative estimate of drug-likeness (QED) is 0.526. The van der Waals surface area contributed by atoms with Crippen LogP contribution in [0.25, 0.3) is 0 Å². The minimum absolute atomic E-state index is 0.253. The van der Waals surface area contributed by atoms with Gasteiger partial charge in [-0.2, -0.15) is 0 Å². The summed E-state index contributed by atoms with van der Waals surface area (Å²) in [6, 6.07) is 19.3. The van der Waals surface area contributed by atoms with Crippen molar-refractivity contribution >= 4 is 44.9 Å². The van der Waals surface area contributed by atoms with Gasteiger partial charge in [0.2, 0.25) is 0 Å². The number of carbonyl (C=O) groups is 2. The lowest BCUT2D eigenvalue weighted by Crippen LogP contribution is -2.15. The number of carbonyl (C=O) groups excluding carboxylic acids is 2. The number of hydrogen-bond acceptors (Lipinski definition) is 2. The van der Waals surface area contributed by atoms with E-state index in [0.29, 0.717) is 27.4 Å². The fraction of sp³-hybridized carbons (Fsp3) is 0.0476. The van der Waals surface area contributed by atoms with Crippen molar-refractivity contribution in [1.82, 2.24) is 0 Å². The van der Waals surface area contributed by atoms with Crippen molar-refractivity contribution in [2.75, 3.05) is 5.32 Å². The summed E-state index contributed by atoms with van der Waals surface area (Å²) >= 11 is 9.54. The maximum absolute atomic E-state index is 13.0. The normalized spacial score (nSPS) is 10.4. The van der Waals surface area contributed by atoms with Gasteiger partial charge in [-0.05, 0) is 49.4 Å². The Kier molecular flexibility index (Phi) is 5.55. The van der Waals surface area contributed by atoms with Crippen LogP contribution in [0.3, 0.4) is 0 Å². The monoisotopic (exact) mass is 427 g/mol. The zero-order valence-corrected chi connectivity index (χ0v) is 16.3. The molecule has 0 radical (unpaired) electrons. The molecule has 3 nitrogen and oxygen atoms in total. The number of aryl methyl sites for hydroxylation is 1. The number of benzene rings is 3. The molecule has 0 aliphatic rings. The fourth-order valence-corrected chi connectivity index (χ4v) is 3.17. The zero-order valence-electron chi connectivity index (χ0n) is 13.9. The van der Waals surface area contributed by atoms with Gasteiger partial charge in [-0.15, -0.1) is 0 Å². The summed E-state index contributed by atoms with van der Waals surface area (Å²) in [5, 5.41) is 3.20. The van der Waals surface area contributed by atoms with E-state index >= 15 is 0 Å². The molecule has 0 aromatic heterocycles. The van der Waals surface area contributed by atoms with Gasteiger partial charge in [0, 0.05) is 21.2 Å². The molecule has 0 aliphatic carbocycles. The molecule has 0 bridgehead atoms. The van der Waals surface area contributed by atoms with E-state index in [1.807, 2.05) is 19.1 Å². The van der Waals surface area contributed by atoms with Crippen LogP contribution in [0, 0.1) is 6.92 Å². The molecule has 3 aromatic rings. The minimum atomic E-state index is -0.274. The average Bonchev–Trinajstić information content (AvgIpc) is 2.63. The number of nitrogens with one attached hydrogen (secondary N) is 1. The first-order chi connectivity index (χ1) is 12.5. The van der Waals surface area contributed by atoms with E-state index in [0.717, 1.165) is 10.0 Å². The predicted molar refractivity (Wildman–Crippen MR) is 108 cm³/mol. The molecule has 1 N–H and O–H groups in total. The molecule has 0 spiro atoms. The van der Waals surface area contributed by atoms with E-state index < -0.39 is 0 Å². The molecule has 130 valence electrons. The van der Waals surface area contributed by atoms with Crippen molar-refractivity contribution in [3.63, 3.8) is 0 Å². The Hall–Kier alpha value is -2.43. The summed E-state index contributed by atoms with van der Waals surface area (Å²) in [5.41, 5.74) is 2.71. The van der Waals surface area contributed by atoms with E-state index in [4.69, 9.17) is 11.6 Å². The van der Waals surface area contributed by atoms with Crippen molar-refractivity contribution in [3.8, 4) is 0 Å². The third-order valence-corrected chi connectivity index (χ3v) is 4.70. The van der Waals surface area contributed by atoms with Crippen molar-refractivity contribution in [2.24, 2.45) is 0 Å². The largest absolute Gasteiger partial charge is 0.321 e. The van der Waals surface area contributed by atoms with Crippen LogP contribution in [-0.4, -0.2) is 11.7 Å². The summed E-state index contributed by atoms with van der Waals surface area (Å²) in [4.78, 5) is 25.5. The molecule has 1 amide bonds. The molecule has 0 unspecified atom stereocenters. The summed E-state index contributed by atoms with van der Waals surface area (Å²) < 4.78 is 0.737. The van der Waals surface area contributed by atoms with E-state index in [1.165, 1.54) is 0 Å². The number of ketones is 1. The van der Waals surface area contributed by atoms with Gasteiger partial charge in [0.05, 0.1) is 10.7 Å². The lowest BCUT2D eigenvalue weighted by atomic mass is 10.0. The van der Waals surface area contributed by atoms with Gasteiger partial charge in [-0.1, -0.05) is 57.4 Å². The predicted octanol–water partition coefficient (Wildman–Crippen LogP) is 5.89. The molecular weight excluding hydrogens is 414 g/mol. The first-order valence-corrected chi connectivity index (χ1v) is 9.09. The van der Waals surface area contributed by atoms with Crippen LogP contribution in [0.15, 0.2) is 71.2 Å². The number of amides is 1. The Morgan fingerprint density at radius 1 is 0.923 bits per heavy atom. The van der Waals surface area contributed by atoms with E-state index in [2.05, 4.69) is 21.2 Å². The molecule has 0 atom stereocenters. The van der Waals surface area contributed by atoms with Crippen molar-refractivity contribution in [3.05, 3.63) is 98.5 Å². The summed E-state index contributed by atoms with van der Waals surface area (Å²) in [7, 11) is 0. The van der Waals surface area contributed by atoms with Gasteiger partial charge in [0.1, 0.15) is 0 Å². The lowest BCUT2D eigenvalue weighted by molar-refractivity contribution is 0.102. The zero-order chi connectivity index (χ0) is 18.7. The third kappa shape index (κ3) is 4.03. The van der Waals surface area contributed by atoms with Crippen LogP contribution in [0.2, 0.25) is 5.02 Å². The molecule has 5 heteroatoms. The van der Waals surface area contributed by atoms with Crippen LogP contribution in [-0.2, 0) is 0 Å². The van der Waals surface area contributed by atoms with E-state index in [1.54, 1.807) is 54.6 Å². The van der Waals surface area contributed by atoms with E-state index in [9.17, 15) is 9.59 Å². The summed E-state index contributed by atoms with van der Waals surface area (Å²) in [5.74, 6) is -0.527. The van der Waals surface area contributed by atoms with E-state index in [-0.39, 0.29) is 11.7 Å². The second-order valence-electron chi connectivity index (χ2n) is 5.82. The van der Waals surface area contributed by atoms with Gasteiger partial charge >= 0.3 is 0 Å². The Balaban J connectivity index is 1.97. The molecule has 0 fully saturated rings. The van der Waals surface area contributed by atoms with Crippen LogP contribution >= 0.6 is 27.5 Å². The van der Waals surface area contributed by atoms with Crippen molar-refractivity contribution < 1.29 is 9.59 Å². The lowest BCUT2D eigenvalue weighted by Gasteiger charge is -2.12. The molecular formula is C21H15BrClNO2. The van der Waals surface area contributed by atoms with Crippen molar-refractivity contribution in [1.29, 1.82) is 0 Å². The molecule has 0 aliphatic heterocycles. The number of rotatable bonds is 4. The van der Waals surface area contributed by atoms with Crippen LogP contribution < -0.4 is 5.32 Å². The average molecular weight is 429 g/mol. The summed E-state index contributed by atoms with van der Waals surface area (Å²) in [6.45, 7) is 1.92. The Morgan fingerprint density at radius 2 is 1.69 bits per heavy atom. The minimum Gasteiger partial charge on any atom is -0.321 e. The molecule has 0 saturated heterocycles. The highest BCUT2D eigenvalue weighted by atomic mass is 79.9. The standard InChI is InChI=1S/C21H15BrClNO2/c1-13-5-4-6-14(11-13)21(26)24-19-10-9-15(22)12-17(19)20(25)16-7-2-3-8-18(16)23/h2-12H,1H3,(H,24,26). The number of hydrogen-bond donors (Lipinski definition) is 1. The molecule has 0 heterocycles. The van der Waals surface area contributed by atoms with Gasteiger partial charge in [-0.3, -0.25) is 9.59 Å². The van der Waals surface area contributed by atoms with Gasteiger partial charge in [0.15, 0.2) is 5.78 Å². The molecule has 3 aromatic carbocycles. The molecule has 26 heavy (non-hydrogen) atoms. The highest BCUT2D eigenvalue weighted by molar-refractivity contribution is 9.10. The molecule has 3 rings (SSSR count). The van der Waals surface area contributed by atoms with Gasteiger partial charge in [-0.25, -0.2) is 0 Å². The Morgan fingerprint density at radius 3 is 2.42 bits per heavy atom. The topological polar surface area (TPSA) is 46.2 Å². The number of halogens is 2. The fourth-order valence-electron chi connectivity index (χ4n) is 2.58. The van der Waals surface area contributed by atoms with Gasteiger partial charge in [0.25, 0.3) is 5.91 Å². The Bertz CT molecular complexity index is 1000. The second kappa shape index (κ2) is 7.85. The summed E-state index contributed by atoms with van der Waals surface area (Å²) in [6.07, 6.45) is 0. The maximum Gasteiger partial charge on any atom is 0.255 e. The highest BCUT2D eigenvalue weighted by Gasteiger charge is 2.18. The molecule has 0 saturated carbocycles. The maximum atomic E-state index is 13.0. The smallest absolute Gasteiger partial charge is 0.255 e. The first-order valence-electron chi connectivity index (χ1n) is 7.92. The van der Waals surface area contributed by atoms with Crippen LogP contribution in [0.5, 0.6) is 0 Å². The van der Waals surface area contributed by atoms with Gasteiger partial charge < -0.3 is 5.32 Å². The van der Waals surface area contributed by atoms with Crippen LogP contribution in [0.4, 0.5) is 5.69 Å². The first kappa shape index (κ1) is 18.4. The SMILES string of the molecule is Cc1cccc(C(=O)Nc2ccc(Br)cc2C(=O)c2ccccc2Cl)c1. The van der Waals surface area contributed by atoms with Crippen molar-refractivity contribution in [2.45, 2.75) is 6.92 Å². The third-order valence-electron chi connectivity index (χ3n) is 3.87. The van der Waals surface area contributed by atoms with Crippen LogP contribution in [0.1, 0.15) is 31.8 Å². The second-order valence-corrected chi connectivity index (χ2v) is 7.15. The Labute approximate surface area is 165 Å².